The molecule has 0 aliphatic heterocycles. The van der Waals surface area contributed by atoms with Crippen molar-refractivity contribution in [1.29, 1.82) is 0 Å². The molecule has 1 N–H and O–H groups in total. The van der Waals surface area contributed by atoms with E-state index < -0.39 is 0 Å². The number of nitrogens with zero attached hydrogens (tertiary/aromatic N) is 3. The molecule has 1 amide bonds. The van der Waals surface area contributed by atoms with E-state index in [0.717, 1.165) is 11.3 Å². The average Bonchev–Trinajstić information content (AvgIpc) is 2.54. The maximum Gasteiger partial charge on any atom is 0.268 e. The highest BCUT2D eigenvalue weighted by Crippen LogP contribution is 2.11. The lowest BCUT2D eigenvalue weighted by atomic mass is 10.2. The van der Waals surface area contributed by atoms with E-state index in [9.17, 15) is 9.59 Å². The minimum absolute atomic E-state index is 0.0797. The average molecular weight is 328 g/mol. The second-order valence-corrected chi connectivity index (χ2v) is 6.09. The molecule has 1 aromatic carbocycles. The van der Waals surface area contributed by atoms with Crippen molar-refractivity contribution in [3.63, 3.8) is 0 Å². The van der Waals surface area contributed by atoms with Crippen LogP contribution in [0.2, 0.25) is 0 Å². The summed E-state index contributed by atoms with van der Waals surface area (Å²) in [7, 11) is 1.92. The number of nitrogens with one attached hydrogen (secondary N) is 1. The molecule has 24 heavy (non-hydrogen) atoms. The molecule has 0 saturated carbocycles. The number of carbonyl (C=O) groups is 1. The predicted molar refractivity (Wildman–Crippen MR) is 94.9 cm³/mol. The molecular weight excluding hydrogens is 304 g/mol. The second kappa shape index (κ2) is 8.29. The standard InChI is InChI=1S/C18H24N4O2/c1-14(2)20-17(23)9-10-22-18(24)11-16(12-19-22)21(3)13-15-7-5-4-6-8-15/h4-8,11-12,14H,9-10,13H2,1-3H3,(H,20,23). The largest absolute Gasteiger partial charge is 0.369 e. The number of rotatable bonds is 7. The molecule has 0 atom stereocenters. The highest BCUT2D eigenvalue weighted by Gasteiger charge is 2.08. The van der Waals surface area contributed by atoms with Crippen LogP contribution in [-0.4, -0.2) is 28.8 Å². The van der Waals surface area contributed by atoms with Gasteiger partial charge in [0, 0.05) is 32.1 Å². The van der Waals surface area contributed by atoms with Gasteiger partial charge in [-0.25, -0.2) is 4.68 Å². The first-order chi connectivity index (χ1) is 11.5. The van der Waals surface area contributed by atoms with E-state index in [1.165, 1.54) is 4.68 Å². The summed E-state index contributed by atoms with van der Waals surface area (Å²) in [6.45, 7) is 4.78. The molecule has 0 fully saturated rings. The van der Waals surface area contributed by atoms with Gasteiger partial charge in [0.15, 0.2) is 0 Å². The van der Waals surface area contributed by atoms with E-state index in [2.05, 4.69) is 10.4 Å². The Bertz CT molecular complexity index is 725. The van der Waals surface area contributed by atoms with Crippen molar-refractivity contribution >= 4 is 11.6 Å². The molecule has 0 aliphatic rings. The van der Waals surface area contributed by atoms with Gasteiger partial charge in [-0.05, 0) is 19.4 Å². The molecule has 2 rings (SSSR count). The first-order valence-electron chi connectivity index (χ1n) is 8.07. The van der Waals surface area contributed by atoms with Crippen LogP contribution in [0.25, 0.3) is 0 Å². The summed E-state index contributed by atoms with van der Waals surface area (Å²) < 4.78 is 1.32. The monoisotopic (exact) mass is 328 g/mol. The molecule has 0 saturated heterocycles. The fraction of sp³-hybridized carbons (Fsp3) is 0.389. The Hall–Kier alpha value is -2.63. The number of anilines is 1. The molecule has 2 aromatic rings. The SMILES string of the molecule is CC(C)NC(=O)CCn1ncc(N(C)Cc2ccccc2)cc1=O. The number of hydrogen-bond acceptors (Lipinski definition) is 4. The van der Waals surface area contributed by atoms with Crippen molar-refractivity contribution in [3.8, 4) is 0 Å². The van der Waals surface area contributed by atoms with Gasteiger partial charge in [0.25, 0.3) is 5.56 Å². The maximum absolute atomic E-state index is 12.2. The molecule has 1 heterocycles. The zero-order chi connectivity index (χ0) is 17.5. The molecule has 0 bridgehead atoms. The minimum atomic E-state index is -0.204. The molecular formula is C18H24N4O2. The Morgan fingerprint density at radius 3 is 2.62 bits per heavy atom. The molecule has 1 aromatic heterocycles. The van der Waals surface area contributed by atoms with Crippen molar-refractivity contribution in [3.05, 3.63) is 58.5 Å². The Balaban J connectivity index is 1.98. The zero-order valence-electron chi connectivity index (χ0n) is 14.4. The highest BCUT2D eigenvalue weighted by atomic mass is 16.2. The van der Waals surface area contributed by atoms with Crippen molar-refractivity contribution < 1.29 is 4.79 Å². The third-order valence-corrected chi connectivity index (χ3v) is 3.56. The van der Waals surface area contributed by atoms with Gasteiger partial charge in [0.1, 0.15) is 0 Å². The van der Waals surface area contributed by atoms with E-state index in [0.29, 0.717) is 6.54 Å². The summed E-state index contributed by atoms with van der Waals surface area (Å²) >= 11 is 0. The number of amides is 1. The summed E-state index contributed by atoms with van der Waals surface area (Å²) in [5.41, 5.74) is 1.71. The Morgan fingerprint density at radius 2 is 2.00 bits per heavy atom. The van der Waals surface area contributed by atoms with Gasteiger partial charge in [0.2, 0.25) is 5.91 Å². The molecule has 0 spiro atoms. The highest BCUT2D eigenvalue weighted by molar-refractivity contribution is 5.76. The molecule has 0 unspecified atom stereocenters. The predicted octanol–water partition coefficient (Wildman–Crippen LogP) is 1.79. The zero-order valence-corrected chi connectivity index (χ0v) is 14.4. The number of aromatic nitrogens is 2. The summed E-state index contributed by atoms with van der Waals surface area (Å²) in [5.74, 6) is -0.0797. The van der Waals surface area contributed by atoms with Gasteiger partial charge in [-0.3, -0.25) is 9.59 Å². The Labute approximate surface area is 142 Å². The van der Waals surface area contributed by atoms with Crippen LogP contribution >= 0.6 is 0 Å². The lowest BCUT2D eigenvalue weighted by molar-refractivity contribution is -0.121. The molecule has 128 valence electrons. The third-order valence-electron chi connectivity index (χ3n) is 3.56. The summed E-state index contributed by atoms with van der Waals surface area (Å²) in [4.78, 5) is 25.8. The van der Waals surface area contributed by atoms with Gasteiger partial charge in [0.05, 0.1) is 18.4 Å². The van der Waals surface area contributed by atoms with Crippen LogP contribution in [0.5, 0.6) is 0 Å². The molecule has 6 nitrogen and oxygen atoms in total. The quantitative estimate of drug-likeness (QED) is 0.841. The van der Waals surface area contributed by atoms with Crippen LogP contribution in [-0.2, 0) is 17.9 Å². The van der Waals surface area contributed by atoms with Gasteiger partial charge in [-0.2, -0.15) is 5.10 Å². The first-order valence-corrected chi connectivity index (χ1v) is 8.07. The van der Waals surface area contributed by atoms with Crippen LogP contribution in [0.1, 0.15) is 25.8 Å². The van der Waals surface area contributed by atoms with Crippen LogP contribution in [0, 0.1) is 0 Å². The topological polar surface area (TPSA) is 67.2 Å². The summed E-state index contributed by atoms with van der Waals surface area (Å²) in [6, 6.07) is 11.7. The molecule has 0 aliphatic carbocycles. The van der Waals surface area contributed by atoms with Crippen molar-refractivity contribution in [2.24, 2.45) is 0 Å². The Morgan fingerprint density at radius 1 is 1.29 bits per heavy atom. The molecule has 6 heteroatoms. The van der Waals surface area contributed by atoms with Gasteiger partial charge in [-0.15, -0.1) is 0 Å². The number of carbonyl (C=O) groups excluding carboxylic acids is 1. The van der Waals surface area contributed by atoms with Gasteiger partial charge in [-0.1, -0.05) is 30.3 Å². The fourth-order valence-corrected chi connectivity index (χ4v) is 2.35. The van der Waals surface area contributed by atoms with Crippen molar-refractivity contribution in [1.82, 2.24) is 15.1 Å². The van der Waals surface area contributed by atoms with Crippen molar-refractivity contribution in [2.75, 3.05) is 11.9 Å². The summed E-state index contributed by atoms with van der Waals surface area (Å²) in [5, 5.41) is 6.97. The number of aryl methyl sites for hydroxylation is 1. The van der Waals surface area contributed by atoms with E-state index in [1.807, 2.05) is 56.1 Å². The van der Waals surface area contributed by atoms with E-state index >= 15 is 0 Å². The van der Waals surface area contributed by atoms with E-state index in [4.69, 9.17) is 0 Å². The second-order valence-electron chi connectivity index (χ2n) is 6.09. The van der Waals surface area contributed by atoms with E-state index in [-0.39, 0.29) is 30.5 Å². The fourth-order valence-electron chi connectivity index (χ4n) is 2.35. The minimum Gasteiger partial charge on any atom is -0.369 e. The summed E-state index contributed by atoms with van der Waals surface area (Å²) in [6.07, 6.45) is 1.90. The van der Waals surface area contributed by atoms with Crippen LogP contribution in [0.3, 0.4) is 0 Å². The van der Waals surface area contributed by atoms with Crippen LogP contribution in [0.4, 0.5) is 5.69 Å². The normalized spacial score (nSPS) is 10.7. The smallest absolute Gasteiger partial charge is 0.268 e. The van der Waals surface area contributed by atoms with E-state index in [1.54, 1.807) is 12.3 Å². The number of hydrogen-bond donors (Lipinski definition) is 1. The lowest BCUT2D eigenvalue weighted by Crippen LogP contribution is -2.32. The first kappa shape index (κ1) is 17.7. The third kappa shape index (κ3) is 5.22. The van der Waals surface area contributed by atoms with Crippen molar-refractivity contribution in [2.45, 2.75) is 39.4 Å². The lowest BCUT2D eigenvalue weighted by Gasteiger charge is -2.19. The Kier molecular flexibility index (Phi) is 6.12. The maximum atomic E-state index is 12.2. The van der Waals surface area contributed by atoms with Gasteiger partial charge >= 0.3 is 0 Å². The molecule has 0 radical (unpaired) electrons. The van der Waals surface area contributed by atoms with Crippen LogP contribution in [0.15, 0.2) is 47.4 Å². The van der Waals surface area contributed by atoms with Crippen LogP contribution < -0.4 is 15.8 Å². The number of benzene rings is 1. The van der Waals surface area contributed by atoms with Gasteiger partial charge < -0.3 is 10.2 Å².